The van der Waals surface area contributed by atoms with Crippen LogP contribution in [0.4, 0.5) is 15.8 Å². The zero-order valence-corrected chi connectivity index (χ0v) is 17.2. The van der Waals surface area contributed by atoms with Crippen LogP contribution in [-0.2, 0) is 14.8 Å². The van der Waals surface area contributed by atoms with Crippen molar-refractivity contribution in [3.05, 3.63) is 71.3 Å². The van der Waals surface area contributed by atoms with Crippen LogP contribution in [0.3, 0.4) is 0 Å². The number of hydrogen-bond acceptors (Lipinski definition) is 5. The summed E-state index contributed by atoms with van der Waals surface area (Å²) in [5, 5.41) is 6.72. The summed E-state index contributed by atoms with van der Waals surface area (Å²) in [5.41, 5.74) is 1.51. The lowest BCUT2D eigenvalue weighted by Crippen LogP contribution is -2.24. The topological polar surface area (TPSA) is 110 Å². The molecule has 0 bridgehead atoms. The molecule has 10 heteroatoms. The highest BCUT2D eigenvalue weighted by atomic mass is 32.2. The Kier molecular flexibility index (Phi) is 5.70. The van der Waals surface area contributed by atoms with E-state index in [1.165, 1.54) is 6.07 Å². The summed E-state index contributed by atoms with van der Waals surface area (Å²) in [6.07, 6.45) is 0.872. The zero-order valence-electron chi connectivity index (χ0n) is 16.4. The van der Waals surface area contributed by atoms with Gasteiger partial charge in [-0.05, 0) is 44.2 Å². The third-order valence-corrected chi connectivity index (χ3v) is 4.84. The van der Waals surface area contributed by atoms with Gasteiger partial charge in [0, 0.05) is 5.69 Å². The minimum Gasteiger partial charge on any atom is -0.319 e. The van der Waals surface area contributed by atoms with Gasteiger partial charge in [-0.15, -0.1) is 0 Å². The molecule has 2 N–H and O–H groups in total. The Balaban J connectivity index is 1.86. The van der Waals surface area contributed by atoms with Crippen LogP contribution in [0.5, 0.6) is 0 Å². The molecule has 0 aliphatic rings. The maximum atomic E-state index is 13.8. The Morgan fingerprint density at radius 3 is 2.37 bits per heavy atom. The summed E-state index contributed by atoms with van der Waals surface area (Å²) in [6, 6.07) is 12.5. The summed E-state index contributed by atoms with van der Waals surface area (Å²) >= 11 is 0. The molecule has 2 aromatic carbocycles. The maximum absolute atomic E-state index is 13.8. The summed E-state index contributed by atoms with van der Waals surface area (Å²) < 4.78 is 40.1. The molecule has 8 nitrogen and oxygen atoms in total. The number of rotatable bonds is 6. The molecular formula is C20H19FN4O4S. The first kappa shape index (κ1) is 21.2. The molecule has 3 rings (SSSR count). The zero-order chi connectivity index (χ0) is 22.1. The number of aromatic nitrogens is 2. The standard InChI is InChI=1S/C20H19FN4O4S/c1-12-18(13(2)25(23-12)15-7-5-4-6-8-15)19(26)20(27)22-14-9-10-16(21)17(11-14)24-30(3,28)29/h4-11,24H,1-3H3,(H,22,27). The normalized spacial score (nSPS) is 11.2. The smallest absolute Gasteiger partial charge is 0.296 e. The number of hydrogen-bond donors (Lipinski definition) is 2. The Morgan fingerprint density at radius 1 is 1.07 bits per heavy atom. The first-order chi connectivity index (χ1) is 14.1. The lowest BCUT2D eigenvalue weighted by Gasteiger charge is -2.09. The Hall–Kier alpha value is -3.53. The lowest BCUT2D eigenvalue weighted by atomic mass is 10.1. The molecule has 0 saturated heterocycles. The van der Waals surface area contributed by atoms with Gasteiger partial charge in [0.1, 0.15) is 5.82 Å². The highest BCUT2D eigenvalue weighted by molar-refractivity contribution is 7.92. The van der Waals surface area contributed by atoms with Gasteiger partial charge in [-0.1, -0.05) is 18.2 Å². The molecule has 0 spiro atoms. The predicted octanol–water partition coefficient (Wildman–Crippen LogP) is 2.82. The minimum absolute atomic E-state index is 0.0617. The second-order valence-corrected chi connectivity index (χ2v) is 8.39. The number of aryl methyl sites for hydroxylation is 1. The van der Waals surface area contributed by atoms with Crippen molar-refractivity contribution in [1.82, 2.24) is 9.78 Å². The van der Waals surface area contributed by atoms with E-state index in [-0.39, 0.29) is 16.9 Å². The molecule has 1 heterocycles. The summed E-state index contributed by atoms with van der Waals surface area (Å²) in [4.78, 5) is 25.3. The van der Waals surface area contributed by atoms with Gasteiger partial charge in [0.05, 0.1) is 34.6 Å². The van der Waals surface area contributed by atoms with Crippen molar-refractivity contribution in [3.8, 4) is 5.69 Å². The van der Waals surface area contributed by atoms with Crippen LogP contribution in [-0.4, -0.2) is 36.1 Å². The van der Waals surface area contributed by atoms with Gasteiger partial charge < -0.3 is 5.32 Å². The monoisotopic (exact) mass is 430 g/mol. The molecule has 1 amide bonds. The van der Waals surface area contributed by atoms with Gasteiger partial charge in [0.2, 0.25) is 10.0 Å². The van der Waals surface area contributed by atoms with Gasteiger partial charge in [-0.3, -0.25) is 14.3 Å². The first-order valence-corrected chi connectivity index (χ1v) is 10.7. The number of Topliss-reactive ketones (excluding diaryl/α,β-unsaturated/α-hetero) is 1. The van der Waals surface area contributed by atoms with E-state index in [0.717, 1.165) is 24.1 Å². The Morgan fingerprint density at radius 2 is 1.73 bits per heavy atom. The second-order valence-electron chi connectivity index (χ2n) is 6.65. The van der Waals surface area contributed by atoms with Crippen molar-refractivity contribution >= 4 is 33.1 Å². The average Bonchev–Trinajstić information content (AvgIpc) is 2.97. The predicted molar refractivity (Wildman–Crippen MR) is 111 cm³/mol. The van der Waals surface area contributed by atoms with Crippen LogP contribution >= 0.6 is 0 Å². The fraction of sp³-hybridized carbons (Fsp3) is 0.150. The van der Waals surface area contributed by atoms with E-state index in [1.807, 2.05) is 35.1 Å². The van der Waals surface area contributed by atoms with Crippen LogP contribution in [0.25, 0.3) is 5.69 Å². The first-order valence-electron chi connectivity index (χ1n) is 8.81. The number of nitrogens with one attached hydrogen (secondary N) is 2. The molecule has 0 atom stereocenters. The molecule has 0 saturated carbocycles. The Bertz CT molecular complexity index is 1240. The van der Waals surface area contributed by atoms with Crippen LogP contribution in [0.1, 0.15) is 21.7 Å². The maximum Gasteiger partial charge on any atom is 0.296 e. The molecule has 1 aromatic heterocycles. The average molecular weight is 430 g/mol. The van der Waals surface area contributed by atoms with Crippen LogP contribution < -0.4 is 10.0 Å². The fourth-order valence-corrected chi connectivity index (χ4v) is 3.53. The molecule has 30 heavy (non-hydrogen) atoms. The van der Waals surface area contributed by atoms with E-state index in [9.17, 15) is 22.4 Å². The number of amides is 1. The molecule has 0 fully saturated rings. The number of halogens is 1. The Labute approximate surface area is 172 Å². The van der Waals surface area contributed by atoms with Crippen molar-refractivity contribution in [1.29, 1.82) is 0 Å². The van der Waals surface area contributed by atoms with Crippen LogP contribution in [0, 0.1) is 19.7 Å². The van der Waals surface area contributed by atoms with Gasteiger partial charge >= 0.3 is 0 Å². The van der Waals surface area contributed by atoms with Crippen molar-refractivity contribution < 1.29 is 22.4 Å². The molecule has 0 radical (unpaired) electrons. The van der Waals surface area contributed by atoms with Gasteiger partial charge in [0.25, 0.3) is 11.7 Å². The van der Waals surface area contributed by atoms with E-state index in [1.54, 1.807) is 18.5 Å². The molecule has 0 unspecified atom stereocenters. The number of sulfonamides is 1. The van der Waals surface area contributed by atoms with E-state index in [2.05, 4.69) is 10.4 Å². The van der Waals surface area contributed by atoms with Gasteiger partial charge in [-0.2, -0.15) is 5.10 Å². The van der Waals surface area contributed by atoms with Crippen molar-refractivity contribution in [2.45, 2.75) is 13.8 Å². The van der Waals surface area contributed by atoms with Crippen LogP contribution in [0.15, 0.2) is 48.5 Å². The quantitative estimate of drug-likeness (QED) is 0.462. The van der Waals surface area contributed by atoms with Crippen molar-refractivity contribution in [3.63, 3.8) is 0 Å². The number of benzene rings is 2. The second kappa shape index (κ2) is 8.07. The van der Waals surface area contributed by atoms with Gasteiger partial charge in [0.15, 0.2) is 0 Å². The van der Waals surface area contributed by atoms with E-state index in [0.29, 0.717) is 11.4 Å². The molecule has 0 aliphatic carbocycles. The molecule has 0 aliphatic heterocycles. The molecule has 3 aromatic rings. The van der Waals surface area contributed by atoms with Crippen LogP contribution in [0.2, 0.25) is 0 Å². The minimum atomic E-state index is -3.72. The van der Waals surface area contributed by atoms with E-state index < -0.39 is 27.5 Å². The van der Waals surface area contributed by atoms with E-state index in [4.69, 9.17) is 0 Å². The number of para-hydroxylation sites is 1. The number of carbonyl (C=O) groups excluding carboxylic acids is 2. The third kappa shape index (κ3) is 4.54. The number of carbonyl (C=O) groups is 2. The summed E-state index contributed by atoms with van der Waals surface area (Å²) in [6.45, 7) is 3.30. The molecule has 156 valence electrons. The molecular weight excluding hydrogens is 411 g/mol. The highest BCUT2D eigenvalue weighted by Crippen LogP contribution is 2.22. The summed E-state index contributed by atoms with van der Waals surface area (Å²) in [7, 11) is -3.72. The third-order valence-electron chi connectivity index (χ3n) is 4.24. The number of anilines is 2. The SMILES string of the molecule is Cc1nn(-c2ccccc2)c(C)c1C(=O)C(=O)Nc1ccc(F)c(NS(C)(=O)=O)c1. The van der Waals surface area contributed by atoms with E-state index >= 15 is 0 Å². The lowest BCUT2D eigenvalue weighted by molar-refractivity contribution is -0.112. The highest BCUT2D eigenvalue weighted by Gasteiger charge is 2.25. The largest absolute Gasteiger partial charge is 0.319 e. The van der Waals surface area contributed by atoms with Gasteiger partial charge in [-0.25, -0.2) is 17.5 Å². The fourth-order valence-electron chi connectivity index (χ4n) is 2.97. The number of ketones is 1. The summed E-state index contributed by atoms with van der Waals surface area (Å²) in [5.74, 6) is -2.58. The number of nitrogens with zero attached hydrogens (tertiary/aromatic N) is 2. The van der Waals surface area contributed by atoms with Crippen molar-refractivity contribution in [2.24, 2.45) is 0 Å². The van der Waals surface area contributed by atoms with Crippen molar-refractivity contribution in [2.75, 3.05) is 16.3 Å².